The first-order valence-electron chi connectivity index (χ1n) is 5.13. The van der Waals surface area contributed by atoms with Crippen molar-refractivity contribution in [1.82, 2.24) is 4.90 Å². The van der Waals surface area contributed by atoms with Crippen LogP contribution in [0.25, 0.3) is 0 Å². The third kappa shape index (κ3) is 2.46. The van der Waals surface area contributed by atoms with Gasteiger partial charge in [-0.25, -0.2) is 4.79 Å². The molecule has 0 saturated carbocycles. The van der Waals surface area contributed by atoms with Gasteiger partial charge in [0.05, 0.1) is 13.2 Å². The zero-order valence-electron chi connectivity index (χ0n) is 9.71. The Hall–Kier alpha value is -1.44. The molecule has 0 aliphatic carbocycles. The van der Waals surface area contributed by atoms with Gasteiger partial charge in [0.15, 0.2) is 6.23 Å². The van der Waals surface area contributed by atoms with Gasteiger partial charge in [-0.1, -0.05) is 0 Å². The quantitative estimate of drug-likeness (QED) is 0.416. The Labute approximate surface area is 98.5 Å². The summed E-state index contributed by atoms with van der Waals surface area (Å²) in [7, 11) is 0. The summed E-state index contributed by atoms with van der Waals surface area (Å²) in [6, 6.07) is -0.879. The normalized spacial score (nSPS) is 23.3. The Morgan fingerprint density at radius 1 is 1.53 bits per heavy atom. The number of hydrogen-bond donors (Lipinski definition) is 3. The first kappa shape index (κ1) is 13.6. The van der Waals surface area contributed by atoms with Crippen LogP contribution in [0, 0.1) is 0 Å². The fraction of sp³-hybridized carbons (Fsp3) is 0.600. The third-order valence-electron chi connectivity index (χ3n) is 2.38. The van der Waals surface area contributed by atoms with E-state index in [4.69, 9.17) is 20.7 Å². The van der Waals surface area contributed by atoms with Crippen molar-refractivity contribution in [2.75, 3.05) is 13.2 Å². The van der Waals surface area contributed by atoms with Crippen LogP contribution in [0.1, 0.15) is 13.8 Å². The van der Waals surface area contributed by atoms with Crippen LogP contribution in [0.3, 0.4) is 0 Å². The number of allylic oxidation sites excluding steroid dienone is 1. The monoisotopic (exact) mass is 244 g/mol. The number of nitrogens with zero attached hydrogens (tertiary/aromatic N) is 1. The van der Waals surface area contributed by atoms with E-state index in [0.29, 0.717) is 5.57 Å². The number of ether oxygens (including phenoxy) is 1. The van der Waals surface area contributed by atoms with Crippen LogP contribution in [0.4, 0.5) is 0 Å². The number of β-lactam (4-membered cyclic amide) rings is 1. The Kier molecular flexibility index (Phi) is 4.22. The molecule has 4 N–H and O–H groups in total. The predicted octanol–water partition coefficient (Wildman–Crippen LogP) is -1.13. The van der Waals surface area contributed by atoms with Gasteiger partial charge in [-0.2, -0.15) is 0 Å². The molecular weight excluding hydrogens is 228 g/mol. The Bertz CT molecular complexity index is 362. The van der Waals surface area contributed by atoms with Gasteiger partial charge < -0.3 is 20.7 Å². The van der Waals surface area contributed by atoms with E-state index < -0.39 is 24.1 Å². The number of hydrogen-bond acceptors (Lipinski definition) is 5. The van der Waals surface area contributed by atoms with E-state index in [2.05, 4.69) is 0 Å². The summed E-state index contributed by atoms with van der Waals surface area (Å²) in [4.78, 5) is 23.6. The van der Waals surface area contributed by atoms with Crippen LogP contribution in [0.2, 0.25) is 0 Å². The number of carbonyl (C=O) groups is 2. The molecule has 1 rings (SSSR count). The van der Waals surface area contributed by atoms with Crippen molar-refractivity contribution in [1.29, 1.82) is 0 Å². The summed E-state index contributed by atoms with van der Waals surface area (Å²) >= 11 is 0. The SMILES string of the molecule is CC(C)=C(C(=O)O)N1C(=O)C(N)C1OCCO. The van der Waals surface area contributed by atoms with Gasteiger partial charge in [0, 0.05) is 0 Å². The highest BCUT2D eigenvalue weighted by Gasteiger charge is 2.49. The third-order valence-corrected chi connectivity index (χ3v) is 2.38. The summed E-state index contributed by atoms with van der Waals surface area (Å²) < 4.78 is 5.14. The minimum Gasteiger partial charge on any atom is -0.477 e. The van der Waals surface area contributed by atoms with Crippen molar-refractivity contribution in [2.45, 2.75) is 26.1 Å². The molecule has 1 amide bonds. The molecule has 96 valence electrons. The molecule has 17 heavy (non-hydrogen) atoms. The van der Waals surface area contributed by atoms with Gasteiger partial charge in [0.25, 0.3) is 5.91 Å². The average Bonchev–Trinajstić information content (AvgIpc) is 2.26. The molecule has 0 aromatic rings. The van der Waals surface area contributed by atoms with Gasteiger partial charge >= 0.3 is 5.97 Å². The van der Waals surface area contributed by atoms with Crippen LogP contribution in [0.5, 0.6) is 0 Å². The molecule has 7 nitrogen and oxygen atoms in total. The number of likely N-dealkylation sites (tertiary alicyclic amines) is 1. The van der Waals surface area contributed by atoms with Gasteiger partial charge in [-0.3, -0.25) is 9.69 Å². The highest BCUT2D eigenvalue weighted by atomic mass is 16.5. The van der Waals surface area contributed by atoms with Crippen molar-refractivity contribution in [3.05, 3.63) is 11.3 Å². The van der Waals surface area contributed by atoms with Gasteiger partial charge in [0.2, 0.25) is 0 Å². The number of aliphatic hydroxyl groups excluding tert-OH is 1. The zero-order chi connectivity index (χ0) is 13.2. The number of carboxylic acid groups (broad SMARTS) is 1. The second kappa shape index (κ2) is 5.26. The molecule has 2 unspecified atom stereocenters. The molecule has 1 heterocycles. The van der Waals surface area contributed by atoms with Crippen molar-refractivity contribution in [2.24, 2.45) is 5.73 Å². The Morgan fingerprint density at radius 3 is 2.53 bits per heavy atom. The fourth-order valence-electron chi connectivity index (χ4n) is 1.63. The molecule has 0 spiro atoms. The van der Waals surface area contributed by atoms with Crippen LogP contribution in [-0.4, -0.2) is 52.5 Å². The Balaban J connectivity index is 2.91. The lowest BCUT2D eigenvalue weighted by Gasteiger charge is -2.44. The van der Waals surface area contributed by atoms with Crippen LogP contribution >= 0.6 is 0 Å². The summed E-state index contributed by atoms with van der Waals surface area (Å²) in [6.07, 6.45) is -0.823. The summed E-state index contributed by atoms with van der Waals surface area (Å²) in [5.41, 5.74) is 5.88. The number of nitrogens with two attached hydrogens (primary N) is 1. The lowest BCUT2D eigenvalue weighted by atomic mass is 10.0. The van der Waals surface area contributed by atoms with E-state index in [0.717, 1.165) is 4.90 Å². The molecule has 1 aliphatic heterocycles. The maximum Gasteiger partial charge on any atom is 0.352 e. The maximum atomic E-state index is 11.5. The smallest absolute Gasteiger partial charge is 0.352 e. The number of amides is 1. The van der Waals surface area contributed by atoms with Crippen LogP contribution in [0.15, 0.2) is 11.3 Å². The van der Waals surface area contributed by atoms with Gasteiger partial charge in [-0.05, 0) is 19.4 Å². The topological polar surface area (TPSA) is 113 Å². The highest BCUT2D eigenvalue weighted by molar-refractivity contribution is 5.99. The van der Waals surface area contributed by atoms with Gasteiger partial charge in [-0.15, -0.1) is 0 Å². The molecule has 0 aromatic carbocycles. The number of aliphatic hydroxyl groups is 1. The second-order valence-corrected chi connectivity index (χ2v) is 3.87. The lowest BCUT2D eigenvalue weighted by Crippen LogP contribution is -2.69. The zero-order valence-corrected chi connectivity index (χ0v) is 9.71. The molecule has 2 atom stereocenters. The molecule has 1 saturated heterocycles. The Morgan fingerprint density at radius 2 is 2.12 bits per heavy atom. The van der Waals surface area contributed by atoms with Crippen molar-refractivity contribution >= 4 is 11.9 Å². The molecule has 1 aliphatic rings. The molecule has 0 aromatic heterocycles. The minimum absolute atomic E-state index is 0.00217. The van der Waals surface area contributed by atoms with Crippen molar-refractivity contribution in [3.63, 3.8) is 0 Å². The maximum absolute atomic E-state index is 11.5. The van der Waals surface area contributed by atoms with E-state index in [1.165, 1.54) is 0 Å². The van der Waals surface area contributed by atoms with Crippen LogP contribution in [-0.2, 0) is 14.3 Å². The fourth-order valence-corrected chi connectivity index (χ4v) is 1.63. The molecular formula is C10H16N2O5. The largest absolute Gasteiger partial charge is 0.477 e. The molecule has 0 bridgehead atoms. The standard InChI is InChI=1S/C10H16N2O5/c1-5(2)7(10(15)16)12-8(14)6(11)9(12)17-4-3-13/h6,9,13H,3-4,11H2,1-2H3,(H,15,16). The summed E-state index contributed by atoms with van der Waals surface area (Å²) in [5.74, 6) is -1.70. The van der Waals surface area contributed by atoms with Crippen molar-refractivity contribution < 1.29 is 24.5 Å². The first-order valence-corrected chi connectivity index (χ1v) is 5.13. The number of aliphatic carboxylic acids is 1. The highest BCUT2D eigenvalue weighted by Crippen LogP contribution is 2.26. The first-order chi connectivity index (χ1) is 7.91. The lowest BCUT2D eigenvalue weighted by molar-refractivity contribution is -0.178. The van der Waals surface area contributed by atoms with Crippen molar-refractivity contribution in [3.8, 4) is 0 Å². The minimum atomic E-state index is -1.21. The second-order valence-electron chi connectivity index (χ2n) is 3.87. The van der Waals surface area contributed by atoms with Gasteiger partial charge in [0.1, 0.15) is 11.7 Å². The number of carbonyl (C=O) groups excluding carboxylic acids is 1. The van der Waals surface area contributed by atoms with E-state index >= 15 is 0 Å². The van der Waals surface area contributed by atoms with Crippen LogP contribution < -0.4 is 5.73 Å². The molecule has 7 heteroatoms. The number of carboxylic acids is 1. The molecule has 0 radical (unpaired) electrons. The summed E-state index contributed by atoms with van der Waals surface area (Å²) in [5, 5.41) is 17.7. The average molecular weight is 244 g/mol. The van der Waals surface area contributed by atoms with E-state index in [1.54, 1.807) is 13.8 Å². The predicted molar refractivity (Wildman–Crippen MR) is 57.7 cm³/mol. The van der Waals surface area contributed by atoms with E-state index in [1.807, 2.05) is 0 Å². The van der Waals surface area contributed by atoms with E-state index in [-0.39, 0.29) is 18.9 Å². The summed E-state index contributed by atoms with van der Waals surface area (Å²) in [6.45, 7) is 2.95. The molecule has 1 fully saturated rings. The van der Waals surface area contributed by atoms with E-state index in [9.17, 15) is 9.59 Å². The number of rotatable bonds is 5.